The summed E-state index contributed by atoms with van der Waals surface area (Å²) in [4.78, 5) is 11.2. The molecule has 0 saturated carbocycles. The zero-order chi connectivity index (χ0) is 12.7. The number of hydrogen-bond acceptors (Lipinski definition) is 2. The summed E-state index contributed by atoms with van der Waals surface area (Å²) < 4.78 is 0. The number of carbonyl (C=O) groups is 1. The van der Waals surface area contributed by atoms with Gasteiger partial charge in [-0.15, -0.1) is 0 Å². The first-order valence-corrected chi connectivity index (χ1v) is 6.25. The molecule has 3 heteroatoms. The van der Waals surface area contributed by atoms with Crippen molar-refractivity contribution in [3.05, 3.63) is 29.8 Å². The molecule has 0 spiro atoms. The number of nitrogens with one attached hydrogen (secondary N) is 2. The minimum absolute atomic E-state index is 0.0469. The fraction of sp³-hybridized carbons (Fsp3) is 0.500. The maximum atomic E-state index is 11.2. The lowest BCUT2D eigenvalue weighted by molar-refractivity contribution is -0.119. The minimum Gasteiger partial charge on any atom is -0.382 e. The van der Waals surface area contributed by atoms with Crippen LogP contribution in [0.2, 0.25) is 0 Å². The Hall–Kier alpha value is -1.51. The third-order valence-corrected chi connectivity index (χ3v) is 2.95. The van der Waals surface area contributed by atoms with Gasteiger partial charge < -0.3 is 10.6 Å². The van der Waals surface area contributed by atoms with Crippen LogP contribution in [0.3, 0.4) is 0 Å². The molecule has 1 aromatic carbocycles. The zero-order valence-electron chi connectivity index (χ0n) is 10.9. The van der Waals surface area contributed by atoms with Gasteiger partial charge in [0.15, 0.2) is 0 Å². The third-order valence-electron chi connectivity index (χ3n) is 2.95. The van der Waals surface area contributed by atoms with Gasteiger partial charge in [-0.05, 0) is 30.5 Å². The van der Waals surface area contributed by atoms with E-state index in [1.807, 2.05) is 24.3 Å². The van der Waals surface area contributed by atoms with Crippen molar-refractivity contribution < 1.29 is 4.79 Å². The van der Waals surface area contributed by atoms with Crippen LogP contribution in [-0.2, 0) is 11.2 Å². The lowest BCUT2D eigenvalue weighted by Crippen LogP contribution is -2.20. The van der Waals surface area contributed by atoms with Gasteiger partial charge in [0.05, 0.1) is 6.42 Å². The lowest BCUT2D eigenvalue weighted by Gasteiger charge is -2.16. The molecule has 0 heterocycles. The minimum atomic E-state index is 0.0469. The molecule has 1 rings (SSSR count). The Bertz CT molecular complexity index is 342. The van der Waals surface area contributed by atoms with E-state index in [9.17, 15) is 4.79 Å². The Morgan fingerprint density at radius 1 is 1.18 bits per heavy atom. The van der Waals surface area contributed by atoms with Gasteiger partial charge in [0.1, 0.15) is 0 Å². The number of benzene rings is 1. The van der Waals surface area contributed by atoms with Crippen LogP contribution in [0.15, 0.2) is 24.3 Å². The van der Waals surface area contributed by atoms with Gasteiger partial charge in [0, 0.05) is 18.8 Å². The van der Waals surface area contributed by atoms with Crippen LogP contribution in [-0.4, -0.2) is 19.0 Å². The molecule has 94 valence electrons. The van der Waals surface area contributed by atoms with Crippen molar-refractivity contribution in [1.82, 2.24) is 5.32 Å². The maximum Gasteiger partial charge on any atom is 0.224 e. The largest absolute Gasteiger partial charge is 0.382 e. The van der Waals surface area contributed by atoms with Crippen LogP contribution in [0.25, 0.3) is 0 Å². The van der Waals surface area contributed by atoms with Gasteiger partial charge in [0.2, 0.25) is 5.91 Å². The maximum absolute atomic E-state index is 11.2. The number of amides is 1. The Kier molecular flexibility index (Phi) is 5.53. The van der Waals surface area contributed by atoms with E-state index in [0.717, 1.165) is 24.1 Å². The van der Waals surface area contributed by atoms with Crippen molar-refractivity contribution in [3.63, 3.8) is 0 Å². The average molecular weight is 234 g/mol. The SMILES string of the molecule is CCC(CC)Nc1ccc(CC(=O)NC)cc1. The second-order valence-corrected chi connectivity index (χ2v) is 4.20. The first-order valence-electron chi connectivity index (χ1n) is 6.25. The molecule has 0 aliphatic carbocycles. The van der Waals surface area contributed by atoms with Gasteiger partial charge in [-0.2, -0.15) is 0 Å². The molecule has 0 radical (unpaired) electrons. The highest BCUT2D eigenvalue weighted by Gasteiger charge is 2.04. The Morgan fingerprint density at radius 3 is 2.24 bits per heavy atom. The zero-order valence-corrected chi connectivity index (χ0v) is 10.9. The monoisotopic (exact) mass is 234 g/mol. The van der Waals surface area contributed by atoms with Gasteiger partial charge in [-0.1, -0.05) is 26.0 Å². The second-order valence-electron chi connectivity index (χ2n) is 4.20. The third kappa shape index (κ3) is 4.47. The van der Waals surface area contributed by atoms with Crippen molar-refractivity contribution >= 4 is 11.6 Å². The summed E-state index contributed by atoms with van der Waals surface area (Å²) in [5.74, 6) is 0.0469. The average Bonchev–Trinajstić information content (AvgIpc) is 2.37. The number of hydrogen-bond donors (Lipinski definition) is 2. The molecule has 0 aromatic heterocycles. The van der Waals surface area contributed by atoms with Gasteiger partial charge in [-0.3, -0.25) is 4.79 Å². The molecule has 17 heavy (non-hydrogen) atoms. The van der Waals surface area contributed by atoms with E-state index in [4.69, 9.17) is 0 Å². The van der Waals surface area contributed by atoms with E-state index < -0.39 is 0 Å². The van der Waals surface area contributed by atoms with E-state index in [2.05, 4.69) is 24.5 Å². The highest BCUT2D eigenvalue weighted by atomic mass is 16.1. The quantitative estimate of drug-likeness (QED) is 0.794. The Balaban J connectivity index is 2.58. The molecule has 1 aromatic rings. The second kappa shape index (κ2) is 6.94. The lowest BCUT2D eigenvalue weighted by atomic mass is 10.1. The standard InChI is InChI=1S/C14H22N2O/c1-4-12(5-2)16-13-8-6-11(7-9-13)10-14(17)15-3/h6-9,12,16H,4-5,10H2,1-3H3,(H,15,17). The van der Waals surface area contributed by atoms with Crippen molar-refractivity contribution in [2.45, 2.75) is 39.2 Å². The van der Waals surface area contributed by atoms with Gasteiger partial charge >= 0.3 is 0 Å². The van der Waals surface area contributed by atoms with E-state index >= 15 is 0 Å². The molecular weight excluding hydrogens is 212 g/mol. The summed E-state index contributed by atoms with van der Waals surface area (Å²) in [5.41, 5.74) is 2.17. The predicted octanol–water partition coefficient (Wildman–Crippen LogP) is 2.58. The summed E-state index contributed by atoms with van der Waals surface area (Å²) >= 11 is 0. The van der Waals surface area contributed by atoms with Gasteiger partial charge in [0.25, 0.3) is 0 Å². The van der Waals surface area contributed by atoms with Crippen LogP contribution in [0.5, 0.6) is 0 Å². The Labute approximate surface area is 104 Å². The highest BCUT2D eigenvalue weighted by Crippen LogP contribution is 2.13. The van der Waals surface area contributed by atoms with Crippen molar-refractivity contribution in [1.29, 1.82) is 0 Å². The van der Waals surface area contributed by atoms with E-state index in [1.165, 1.54) is 0 Å². The first-order chi connectivity index (χ1) is 8.19. The van der Waals surface area contributed by atoms with Crippen molar-refractivity contribution in [3.8, 4) is 0 Å². The molecule has 0 atom stereocenters. The molecule has 0 fully saturated rings. The number of likely N-dealkylation sites (N-methyl/N-ethyl adjacent to an activating group) is 1. The summed E-state index contributed by atoms with van der Waals surface area (Å²) in [7, 11) is 1.66. The molecule has 1 amide bonds. The number of rotatable bonds is 6. The fourth-order valence-corrected chi connectivity index (χ4v) is 1.72. The normalized spacial score (nSPS) is 10.4. The van der Waals surface area contributed by atoms with E-state index in [0.29, 0.717) is 12.5 Å². The van der Waals surface area contributed by atoms with Crippen molar-refractivity contribution in [2.75, 3.05) is 12.4 Å². The summed E-state index contributed by atoms with van der Waals surface area (Å²) in [5, 5.41) is 6.10. The fourth-order valence-electron chi connectivity index (χ4n) is 1.72. The van der Waals surface area contributed by atoms with Crippen LogP contribution >= 0.6 is 0 Å². The molecule has 3 nitrogen and oxygen atoms in total. The molecule has 0 aliphatic rings. The summed E-state index contributed by atoms with van der Waals surface area (Å²) in [6, 6.07) is 8.60. The predicted molar refractivity (Wildman–Crippen MR) is 72.2 cm³/mol. The molecule has 0 aliphatic heterocycles. The van der Waals surface area contributed by atoms with E-state index in [1.54, 1.807) is 7.05 Å². The topological polar surface area (TPSA) is 41.1 Å². The summed E-state index contributed by atoms with van der Waals surface area (Å²) in [6.45, 7) is 4.36. The first kappa shape index (κ1) is 13.6. The summed E-state index contributed by atoms with van der Waals surface area (Å²) in [6.07, 6.45) is 2.69. The number of anilines is 1. The molecule has 0 saturated heterocycles. The number of carbonyl (C=O) groups excluding carboxylic acids is 1. The van der Waals surface area contributed by atoms with E-state index in [-0.39, 0.29) is 5.91 Å². The molecular formula is C14H22N2O. The Morgan fingerprint density at radius 2 is 1.76 bits per heavy atom. The van der Waals surface area contributed by atoms with Crippen molar-refractivity contribution in [2.24, 2.45) is 0 Å². The molecule has 0 bridgehead atoms. The van der Waals surface area contributed by atoms with Gasteiger partial charge in [-0.25, -0.2) is 0 Å². The van der Waals surface area contributed by atoms with Crippen LogP contribution in [0.1, 0.15) is 32.3 Å². The van der Waals surface area contributed by atoms with Crippen LogP contribution in [0, 0.1) is 0 Å². The molecule has 2 N–H and O–H groups in total. The highest BCUT2D eigenvalue weighted by molar-refractivity contribution is 5.78. The molecule has 0 unspecified atom stereocenters. The van der Waals surface area contributed by atoms with Crippen LogP contribution < -0.4 is 10.6 Å². The smallest absolute Gasteiger partial charge is 0.224 e. The van der Waals surface area contributed by atoms with Crippen LogP contribution in [0.4, 0.5) is 5.69 Å².